The molecular formula is C10H13N5O5. The number of H-pyrrole nitrogens is 1. The molecule has 4 atom stereocenters. The topological polar surface area (TPSA) is 160 Å². The summed E-state index contributed by atoms with van der Waals surface area (Å²) in [6.45, 7) is -0.455. The Hall–Kier alpha value is -2.01. The van der Waals surface area contributed by atoms with Crippen molar-refractivity contribution in [2.45, 2.75) is 24.5 Å². The fourth-order valence-electron chi connectivity index (χ4n) is 2.27. The Kier molecular flexibility index (Phi) is 2.94. The number of nitrogens with zero attached hydrogens (tertiary/aromatic N) is 3. The molecule has 0 saturated carbocycles. The lowest BCUT2D eigenvalue weighted by Gasteiger charge is -2.16. The van der Waals surface area contributed by atoms with Crippen LogP contribution in [0.1, 0.15) is 6.23 Å². The molecular weight excluding hydrogens is 270 g/mol. The first-order valence-electron chi connectivity index (χ1n) is 5.87. The van der Waals surface area contributed by atoms with Crippen molar-refractivity contribution in [3.63, 3.8) is 0 Å². The van der Waals surface area contributed by atoms with Crippen LogP contribution >= 0.6 is 0 Å². The van der Waals surface area contributed by atoms with Crippen LogP contribution in [0.3, 0.4) is 0 Å². The third kappa shape index (κ3) is 1.78. The second kappa shape index (κ2) is 4.52. The van der Waals surface area contributed by atoms with Gasteiger partial charge in [-0.3, -0.25) is 14.3 Å². The quantitative estimate of drug-likeness (QED) is 0.398. The standard InChI is InChI=1S/C10H13N5O5/c11-10-13-7-4(8(19)14-10)15(2-12-7)9-6(18)5(17)3(1-16)20-9/h2-3,5-6,9,16-18H,1H2,(H3,11,13,14,19)/t3-,5-,6+,9+/m1/s1. The molecule has 0 bridgehead atoms. The van der Waals surface area contributed by atoms with Crippen LogP contribution in [0.2, 0.25) is 0 Å². The smallest absolute Gasteiger partial charge is 0.278 e. The molecule has 1 fully saturated rings. The predicted molar refractivity (Wildman–Crippen MR) is 65.6 cm³/mol. The minimum atomic E-state index is -1.30. The number of hydrogen-bond acceptors (Lipinski definition) is 8. The van der Waals surface area contributed by atoms with Crippen molar-refractivity contribution in [1.29, 1.82) is 0 Å². The molecule has 10 nitrogen and oxygen atoms in total. The van der Waals surface area contributed by atoms with Crippen molar-refractivity contribution in [3.8, 4) is 0 Å². The van der Waals surface area contributed by atoms with Gasteiger partial charge in [0.1, 0.15) is 24.6 Å². The predicted octanol–water partition coefficient (Wildman–Crippen LogP) is -2.69. The molecule has 1 aliphatic heterocycles. The second-order valence-corrected chi connectivity index (χ2v) is 4.50. The van der Waals surface area contributed by atoms with Gasteiger partial charge in [-0.25, -0.2) is 4.98 Å². The summed E-state index contributed by atoms with van der Waals surface area (Å²) in [6, 6.07) is 0. The first-order chi connectivity index (χ1) is 9.52. The molecule has 0 spiro atoms. The third-order valence-corrected chi connectivity index (χ3v) is 3.25. The van der Waals surface area contributed by atoms with Gasteiger partial charge >= 0.3 is 0 Å². The highest BCUT2D eigenvalue weighted by molar-refractivity contribution is 5.70. The Morgan fingerprint density at radius 3 is 2.85 bits per heavy atom. The maximum atomic E-state index is 11.9. The summed E-state index contributed by atoms with van der Waals surface area (Å²) in [5.74, 6) is -0.0751. The maximum Gasteiger partial charge on any atom is 0.278 e. The molecule has 2 aromatic heterocycles. The van der Waals surface area contributed by atoms with E-state index in [9.17, 15) is 15.0 Å². The Morgan fingerprint density at radius 1 is 1.45 bits per heavy atom. The molecule has 0 radical (unpaired) electrons. The number of anilines is 1. The zero-order valence-electron chi connectivity index (χ0n) is 10.2. The molecule has 10 heteroatoms. The highest BCUT2D eigenvalue weighted by atomic mass is 16.6. The summed E-state index contributed by atoms with van der Waals surface area (Å²) in [6.07, 6.45) is -3.29. The van der Waals surface area contributed by atoms with Gasteiger partial charge in [-0.05, 0) is 0 Å². The Labute approximate surface area is 111 Å². The first kappa shape index (κ1) is 13.0. The molecule has 0 aromatic carbocycles. The number of aromatic amines is 1. The molecule has 6 N–H and O–H groups in total. The minimum Gasteiger partial charge on any atom is -0.394 e. The fourth-order valence-corrected chi connectivity index (χ4v) is 2.27. The molecule has 108 valence electrons. The number of aromatic nitrogens is 4. The van der Waals surface area contributed by atoms with E-state index in [2.05, 4.69) is 15.0 Å². The lowest BCUT2D eigenvalue weighted by Crippen LogP contribution is -2.33. The van der Waals surface area contributed by atoms with E-state index in [0.29, 0.717) is 0 Å². The van der Waals surface area contributed by atoms with E-state index in [4.69, 9.17) is 15.6 Å². The van der Waals surface area contributed by atoms with Crippen LogP contribution in [-0.4, -0.2) is 59.8 Å². The van der Waals surface area contributed by atoms with Gasteiger partial charge in [-0.1, -0.05) is 0 Å². The minimum absolute atomic E-state index is 0.0639. The summed E-state index contributed by atoms with van der Waals surface area (Å²) in [4.78, 5) is 22.0. The molecule has 0 aliphatic carbocycles. The summed E-state index contributed by atoms with van der Waals surface area (Å²) >= 11 is 0. The largest absolute Gasteiger partial charge is 0.394 e. The van der Waals surface area contributed by atoms with Crippen molar-refractivity contribution < 1.29 is 20.1 Å². The van der Waals surface area contributed by atoms with Crippen molar-refractivity contribution in [3.05, 3.63) is 16.7 Å². The molecule has 3 heterocycles. The van der Waals surface area contributed by atoms with Gasteiger partial charge in [-0.2, -0.15) is 4.98 Å². The normalized spacial score (nSPS) is 30.1. The van der Waals surface area contributed by atoms with Crippen LogP contribution in [0.5, 0.6) is 0 Å². The number of hydrogen-bond donors (Lipinski definition) is 5. The highest BCUT2D eigenvalue weighted by Gasteiger charge is 2.44. The number of ether oxygens (including phenoxy) is 1. The van der Waals surface area contributed by atoms with E-state index >= 15 is 0 Å². The summed E-state index contributed by atoms with van der Waals surface area (Å²) in [7, 11) is 0. The van der Waals surface area contributed by atoms with Gasteiger partial charge in [0.2, 0.25) is 5.95 Å². The third-order valence-electron chi connectivity index (χ3n) is 3.25. The van der Waals surface area contributed by atoms with Gasteiger partial charge in [0.05, 0.1) is 6.61 Å². The molecule has 20 heavy (non-hydrogen) atoms. The second-order valence-electron chi connectivity index (χ2n) is 4.50. The Bertz CT molecular complexity index is 697. The number of imidazole rings is 1. The van der Waals surface area contributed by atoms with Crippen LogP contribution < -0.4 is 11.3 Å². The summed E-state index contributed by atoms with van der Waals surface area (Å²) in [5.41, 5.74) is 5.04. The van der Waals surface area contributed by atoms with Crippen LogP contribution in [0.4, 0.5) is 5.95 Å². The van der Waals surface area contributed by atoms with Gasteiger partial charge in [0, 0.05) is 0 Å². The number of nitrogens with two attached hydrogens (primary N) is 1. The number of rotatable bonds is 2. The van der Waals surface area contributed by atoms with E-state index < -0.39 is 36.7 Å². The van der Waals surface area contributed by atoms with Crippen molar-refractivity contribution >= 4 is 17.1 Å². The SMILES string of the molecule is Nc1nc2ncn([C@H]3O[C@H](CO)[C@@H](O)[C@@H]3O)c2c(=O)[nH]1. The molecule has 3 rings (SSSR count). The number of nitrogens with one attached hydrogen (secondary N) is 1. The van der Waals surface area contributed by atoms with E-state index in [1.165, 1.54) is 10.9 Å². The average Bonchev–Trinajstić information content (AvgIpc) is 2.93. The first-order valence-corrected chi connectivity index (χ1v) is 5.87. The highest BCUT2D eigenvalue weighted by Crippen LogP contribution is 2.30. The number of fused-ring (bicyclic) bond motifs is 1. The van der Waals surface area contributed by atoms with E-state index in [1.54, 1.807) is 0 Å². The van der Waals surface area contributed by atoms with Gasteiger partial charge in [0.15, 0.2) is 17.4 Å². The summed E-state index contributed by atoms with van der Waals surface area (Å²) in [5, 5.41) is 28.7. The molecule has 1 saturated heterocycles. The molecule has 0 amide bonds. The van der Waals surface area contributed by atoms with E-state index in [1.807, 2.05) is 0 Å². The number of nitrogen functional groups attached to an aromatic ring is 1. The Morgan fingerprint density at radius 2 is 2.20 bits per heavy atom. The van der Waals surface area contributed by atoms with Crippen LogP contribution in [0.25, 0.3) is 11.2 Å². The monoisotopic (exact) mass is 283 g/mol. The van der Waals surface area contributed by atoms with Crippen molar-refractivity contribution in [1.82, 2.24) is 19.5 Å². The fraction of sp³-hybridized carbons (Fsp3) is 0.500. The summed E-state index contributed by atoms with van der Waals surface area (Å²) < 4.78 is 6.59. The molecule has 2 aromatic rings. The van der Waals surface area contributed by atoms with E-state index in [-0.39, 0.29) is 17.1 Å². The average molecular weight is 283 g/mol. The van der Waals surface area contributed by atoms with E-state index in [0.717, 1.165) is 0 Å². The van der Waals surface area contributed by atoms with Gasteiger partial charge in [-0.15, -0.1) is 0 Å². The van der Waals surface area contributed by atoms with Crippen LogP contribution in [0, 0.1) is 0 Å². The lowest BCUT2D eigenvalue weighted by atomic mass is 10.1. The van der Waals surface area contributed by atoms with Crippen molar-refractivity contribution in [2.75, 3.05) is 12.3 Å². The zero-order chi connectivity index (χ0) is 14.4. The number of aliphatic hydroxyl groups is 3. The molecule has 1 aliphatic rings. The number of aliphatic hydroxyl groups excluding tert-OH is 3. The van der Waals surface area contributed by atoms with Crippen molar-refractivity contribution in [2.24, 2.45) is 0 Å². The lowest BCUT2D eigenvalue weighted by molar-refractivity contribution is -0.0509. The van der Waals surface area contributed by atoms with Crippen LogP contribution in [-0.2, 0) is 4.74 Å². The van der Waals surface area contributed by atoms with Crippen LogP contribution in [0.15, 0.2) is 11.1 Å². The zero-order valence-corrected chi connectivity index (χ0v) is 10.2. The maximum absolute atomic E-state index is 11.9. The molecule has 0 unspecified atom stereocenters. The Balaban J connectivity index is 2.10. The van der Waals surface area contributed by atoms with Gasteiger partial charge < -0.3 is 25.8 Å². The van der Waals surface area contributed by atoms with Gasteiger partial charge in [0.25, 0.3) is 5.56 Å².